The van der Waals surface area contributed by atoms with Crippen molar-refractivity contribution in [2.45, 2.75) is 0 Å². The van der Waals surface area contributed by atoms with Crippen LogP contribution in [0.3, 0.4) is 0 Å². The van der Waals surface area contributed by atoms with E-state index in [0.29, 0.717) is 19.5 Å². The molecule has 2 heterocycles. The number of benzene rings is 2. The van der Waals surface area contributed by atoms with Crippen LogP contribution in [0, 0.1) is 0 Å². The van der Waals surface area contributed by atoms with Crippen LogP contribution in [-0.2, 0) is 0 Å². The first-order chi connectivity index (χ1) is 13.6. The second-order valence-electron chi connectivity index (χ2n) is 5.72. The van der Waals surface area contributed by atoms with E-state index >= 15 is 0 Å². The highest BCUT2D eigenvalue weighted by Gasteiger charge is 2.10. The van der Waals surface area contributed by atoms with Crippen molar-refractivity contribution in [3.05, 3.63) is 85.6 Å². The van der Waals surface area contributed by atoms with Gasteiger partial charge in [-0.3, -0.25) is 0 Å². The molecule has 0 saturated heterocycles. The van der Waals surface area contributed by atoms with Crippen molar-refractivity contribution in [1.29, 1.82) is 0 Å². The average Bonchev–Trinajstić information content (AvgIpc) is 3.35. The summed E-state index contributed by atoms with van der Waals surface area (Å²) < 4.78 is 8.46. The summed E-state index contributed by atoms with van der Waals surface area (Å²) in [5, 5.41) is 16.5. The van der Waals surface area contributed by atoms with Gasteiger partial charge >= 0.3 is 0 Å². The Labute approximate surface area is 181 Å². The van der Waals surface area contributed by atoms with E-state index in [1.807, 2.05) is 47.8 Å². The van der Waals surface area contributed by atoms with Crippen LogP contribution < -0.4 is 4.80 Å². The maximum Gasteiger partial charge on any atom is 0.211 e. The van der Waals surface area contributed by atoms with Crippen LogP contribution in [0.5, 0.6) is 5.75 Å². The van der Waals surface area contributed by atoms with E-state index in [4.69, 9.17) is 9.41 Å². The largest absolute Gasteiger partial charge is 0.506 e. The number of hydrogen-bond donors (Lipinski definition) is 1. The average molecular weight is 519 g/mol. The number of phenolic OH excluding ortho intramolecular Hbond substituents is 1. The molecular weight excluding hydrogens is 506 g/mol. The zero-order chi connectivity index (χ0) is 19.5. The van der Waals surface area contributed by atoms with Crippen LogP contribution in [0.4, 0.5) is 5.69 Å². The SMILES string of the molecule is Oc1c(Br)cc(C=Nn2c(-c3ccco3)csc2=Nc2ccccc2)cc1Br. The zero-order valence-corrected chi connectivity index (χ0v) is 18.3. The van der Waals surface area contributed by atoms with Crippen LogP contribution in [0.15, 0.2) is 89.7 Å². The fraction of sp³-hybridized carbons (Fsp3) is 0. The van der Waals surface area contributed by atoms with Gasteiger partial charge in [-0.1, -0.05) is 18.2 Å². The Morgan fingerprint density at radius 2 is 1.79 bits per heavy atom. The van der Waals surface area contributed by atoms with E-state index in [0.717, 1.165) is 16.9 Å². The molecule has 140 valence electrons. The topological polar surface area (TPSA) is 63.0 Å². The molecule has 0 atom stereocenters. The summed E-state index contributed by atoms with van der Waals surface area (Å²) in [4.78, 5) is 5.41. The molecule has 0 aliphatic carbocycles. The lowest BCUT2D eigenvalue weighted by atomic mass is 10.2. The minimum absolute atomic E-state index is 0.149. The molecule has 0 spiro atoms. The number of hydrogen-bond acceptors (Lipinski definition) is 5. The first kappa shape index (κ1) is 18.9. The van der Waals surface area contributed by atoms with Gasteiger partial charge < -0.3 is 9.52 Å². The van der Waals surface area contributed by atoms with E-state index in [2.05, 4.69) is 37.0 Å². The van der Waals surface area contributed by atoms with Crippen LogP contribution in [-0.4, -0.2) is 16.0 Å². The summed E-state index contributed by atoms with van der Waals surface area (Å²) in [7, 11) is 0. The highest BCUT2D eigenvalue weighted by atomic mass is 79.9. The molecule has 5 nitrogen and oxygen atoms in total. The normalized spacial score (nSPS) is 12.1. The van der Waals surface area contributed by atoms with Crippen LogP contribution >= 0.6 is 43.2 Å². The van der Waals surface area contributed by atoms with E-state index < -0.39 is 0 Å². The molecule has 28 heavy (non-hydrogen) atoms. The molecule has 0 unspecified atom stereocenters. The quantitative estimate of drug-likeness (QED) is 0.329. The first-order valence-corrected chi connectivity index (χ1v) is 10.6. The molecule has 0 fully saturated rings. The van der Waals surface area contributed by atoms with E-state index in [-0.39, 0.29) is 5.75 Å². The lowest BCUT2D eigenvalue weighted by Crippen LogP contribution is -2.11. The molecular formula is C20H13Br2N3O2S. The summed E-state index contributed by atoms with van der Waals surface area (Å²) >= 11 is 8.16. The number of halogens is 2. The van der Waals surface area contributed by atoms with Crippen LogP contribution in [0.25, 0.3) is 11.5 Å². The van der Waals surface area contributed by atoms with Gasteiger partial charge in [-0.25, -0.2) is 9.67 Å². The predicted octanol–water partition coefficient (Wildman–Crippen LogP) is 6.15. The number of nitrogens with zero attached hydrogens (tertiary/aromatic N) is 3. The fourth-order valence-electron chi connectivity index (χ4n) is 2.48. The number of phenols is 1. The van der Waals surface area contributed by atoms with Gasteiger partial charge in [0.15, 0.2) is 5.76 Å². The summed E-state index contributed by atoms with van der Waals surface area (Å²) in [5.41, 5.74) is 2.46. The number of para-hydroxylation sites is 1. The summed E-state index contributed by atoms with van der Waals surface area (Å²) in [6, 6.07) is 17.0. The van der Waals surface area contributed by atoms with Crippen molar-refractivity contribution >= 4 is 55.1 Å². The van der Waals surface area contributed by atoms with Gasteiger partial charge in [0, 0.05) is 5.38 Å². The van der Waals surface area contributed by atoms with Gasteiger partial charge in [-0.05, 0) is 73.8 Å². The Morgan fingerprint density at radius 3 is 2.46 bits per heavy atom. The first-order valence-electron chi connectivity index (χ1n) is 8.18. The molecule has 0 aliphatic rings. The number of aromatic nitrogens is 1. The number of aromatic hydroxyl groups is 1. The van der Waals surface area contributed by atoms with Crippen molar-refractivity contribution in [2.24, 2.45) is 10.1 Å². The molecule has 4 rings (SSSR count). The predicted molar refractivity (Wildman–Crippen MR) is 118 cm³/mol. The zero-order valence-electron chi connectivity index (χ0n) is 14.3. The van der Waals surface area contributed by atoms with Crippen molar-refractivity contribution in [1.82, 2.24) is 4.68 Å². The third kappa shape index (κ3) is 4.04. The summed E-state index contributed by atoms with van der Waals surface area (Å²) in [6.45, 7) is 0. The Morgan fingerprint density at radius 1 is 1.04 bits per heavy atom. The molecule has 0 saturated carbocycles. The third-order valence-electron chi connectivity index (χ3n) is 3.80. The highest BCUT2D eigenvalue weighted by molar-refractivity contribution is 9.11. The number of thiazole rings is 1. The van der Waals surface area contributed by atoms with Crippen molar-refractivity contribution < 1.29 is 9.52 Å². The Kier molecular flexibility index (Phi) is 5.61. The molecule has 0 aliphatic heterocycles. The summed E-state index contributed by atoms with van der Waals surface area (Å²) in [5.74, 6) is 0.854. The fourth-order valence-corrected chi connectivity index (χ4v) is 4.54. The van der Waals surface area contributed by atoms with E-state index in [9.17, 15) is 5.11 Å². The monoisotopic (exact) mass is 517 g/mol. The molecule has 0 radical (unpaired) electrons. The van der Waals surface area contributed by atoms with Gasteiger partial charge in [0.05, 0.1) is 27.1 Å². The molecule has 0 amide bonds. The second kappa shape index (κ2) is 8.30. The van der Waals surface area contributed by atoms with E-state index in [1.165, 1.54) is 11.3 Å². The van der Waals surface area contributed by atoms with Gasteiger partial charge in [0.2, 0.25) is 4.80 Å². The molecule has 0 bridgehead atoms. The molecule has 2 aromatic heterocycles. The maximum absolute atomic E-state index is 9.89. The van der Waals surface area contributed by atoms with Crippen LogP contribution in [0.1, 0.15) is 5.56 Å². The lowest BCUT2D eigenvalue weighted by molar-refractivity contribution is 0.468. The standard InChI is InChI=1S/C20H13Br2N3O2S/c21-15-9-13(10-16(22)19(15)26)11-23-25-17(18-7-4-8-27-18)12-28-20(25)24-14-5-2-1-3-6-14/h1-12,26H. The number of furan rings is 1. The van der Waals surface area contributed by atoms with Crippen molar-refractivity contribution in [2.75, 3.05) is 0 Å². The van der Waals surface area contributed by atoms with E-state index in [1.54, 1.807) is 29.3 Å². The number of rotatable bonds is 4. The molecule has 1 N–H and O–H groups in total. The highest BCUT2D eigenvalue weighted by Crippen LogP contribution is 2.33. The van der Waals surface area contributed by atoms with Crippen LogP contribution in [0.2, 0.25) is 0 Å². The lowest BCUT2D eigenvalue weighted by Gasteiger charge is -2.03. The van der Waals surface area contributed by atoms with Gasteiger partial charge in [-0.2, -0.15) is 5.10 Å². The molecule has 4 aromatic rings. The van der Waals surface area contributed by atoms with Crippen molar-refractivity contribution in [3.63, 3.8) is 0 Å². The van der Waals surface area contributed by atoms with Gasteiger partial charge in [-0.15, -0.1) is 11.3 Å². The molecule has 8 heteroatoms. The Bertz CT molecular complexity index is 1170. The van der Waals surface area contributed by atoms with Gasteiger partial charge in [0.1, 0.15) is 11.4 Å². The minimum atomic E-state index is 0.149. The third-order valence-corrected chi connectivity index (χ3v) is 5.83. The molecule has 2 aromatic carbocycles. The van der Waals surface area contributed by atoms with Gasteiger partial charge in [0.25, 0.3) is 0 Å². The smallest absolute Gasteiger partial charge is 0.211 e. The maximum atomic E-state index is 9.89. The second-order valence-corrected chi connectivity index (χ2v) is 8.26. The van der Waals surface area contributed by atoms with Crippen molar-refractivity contribution in [3.8, 4) is 17.2 Å². The minimum Gasteiger partial charge on any atom is -0.506 e. The Balaban J connectivity index is 1.82. The summed E-state index contributed by atoms with van der Waals surface area (Å²) in [6.07, 6.45) is 3.33. The Hall–Kier alpha value is -2.42.